The van der Waals surface area contributed by atoms with Crippen molar-refractivity contribution in [2.45, 2.75) is 59.4 Å². The minimum absolute atomic E-state index is 0.515. The summed E-state index contributed by atoms with van der Waals surface area (Å²) in [6.45, 7) is 10.1. The number of ether oxygens (including phenoxy) is 1. The van der Waals surface area contributed by atoms with E-state index in [2.05, 4.69) is 32.2 Å². The molecule has 0 spiro atoms. The molecule has 1 aliphatic carbocycles. The van der Waals surface area contributed by atoms with Gasteiger partial charge in [-0.2, -0.15) is 0 Å². The second-order valence-corrected chi connectivity index (χ2v) is 5.95. The molecule has 0 aromatic rings. The third kappa shape index (κ3) is 5.12. The van der Waals surface area contributed by atoms with Gasteiger partial charge < -0.3 is 10.1 Å². The van der Waals surface area contributed by atoms with Gasteiger partial charge in [-0.25, -0.2) is 0 Å². The average Bonchev–Trinajstić information content (AvgIpc) is 2.97. The van der Waals surface area contributed by atoms with Crippen LogP contribution < -0.4 is 5.32 Å². The van der Waals surface area contributed by atoms with Crippen molar-refractivity contribution in [2.24, 2.45) is 11.3 Å². The lowest BCUT2D eigenvalue weighted by molar-refractivity contribution is 0.239. The van der Waals surface area contributed by atoms with Gasteiger partial charge in [0.2, 0.25) is 0 Å². The summed E-state index contributed by atoms with van der Waals surface area (Å²) in [4.78, 5) is 0. The van der Waals surface area contributed by atoms with Crippen molar-refractivity contribution >= 4 is 0 Å². The molecule has 0 saturated heterocycles. The minimum Gasteiger partial charge on any atom is -0.501 e. The number of methoxy groups -OCH3 is 1. The molecule has 1 unspecified atom stereocenters. The standard InChI is InChI=1S/C15H29NO/c1-6-14(17-5)12(2)7-10-16-13(3)11-15(4)8-9-15/h6,12-13,16H,7-11H2,1-5H3/b14-6+/t12?,13-/m1/s1. The molecule has 0 heterocycles. The molecule has 1 N–H and O–H groups in total. The number of hydrogen-bond donors (Lipinski definition) is 1. The van der Waals surface area contributed by atoms with Crippen LogP contribution >= 0.6 is 0 Å². The first kappa shape index (κ1) is 14.6. The third-order valence-electron chi connectivity index (χ3n) is 3.98. The average molecular weight is 239 g/mol. The van der Waals surface area contributed by atoms with Crippen LogP contribution in [0.4, 0.5) is 0 Å². The van der Waals surface area contributed by atoms with E-state index in [0.29, 0.717) is 17.4 Å². The Morgan fingerprint density at radius 1 is 1.41 bits per heavy atom. The smallest absolute Gasteiger partial charge is 0.0941 e. The second-order valence-electron chi connectivity index (χ2n) is 5.95. The predicted octanol–water partition coefficient (Wildman–Crippen LogP) is 3.73. The topological polar surface area (TPSA) is 21.3 Å². The van der Waals surface area contributed by atoms with Crippen LogP contribution in [0.15, 0.2) is 11.8 Å². The molecule has 0 amide bonds. The zero-order valence-corrected chi connectivity index (χ0v) is 12.2. The van der Waals surface area contributed by atoms with Gasteiger partial charge in [-0.1, -0.05) is 13.8 Å². The zero-order valence-electron chi connectivity index (χ0n) is 12.2. The first-order valence-corrected chi connectivity index (χ1v) is 6.94. The molecule has 100 valence electrons. The van der Waals surface area contributed by atoms with E-state index in [1.165, 1.54) is 19.3 Å². The molecule has 1 aliphatic rings. The van der Waals surface area contributed by atoms with Crippen molar-refractivity contribution in [3.63, 3.8) is 0 Å². The molecule has 1 fully saturated rings. The predicted molar refractivity (Wildman–Crippen MR) is 74.0 cm³/mol. The fourth-order valence-corrected chi connectivity index (χ4v) is 2.52. The molecular formula is C15H29NO. The summed E-state index contributed by atoms with van der Waals surface area (Å²) >= 11 is 0. The van der Waals surface area contributed by atoms with Crippen LogP contribution in [-0.2, 0) is 4.74 Å². The first-order chi connectivity index (χ1) is 8.00. The largest absolute Gasteiger partial charge is 0.501 e. The third-order valence-corrected chi connectivity index (χ3v) is 3.98. The summed E-state index contributed by atoms with van der Waals surface area (Å²) in [5.74, 6) is 1.62. The monoisotopic (exact) mass is 239 g/mol. The van der Waals surface area contributed by atoms with Crippen LogP contribution in [0.5, 0.6) is 0 Å². The highest BCUT2D eigenvalue weighted by molar-refractivity contribution is 4.95. The van der Waals surface area contributed by atoms with Crippen LogP contribution in [0.2, 0.25) is 0 Å². The molecule has 1 saturated carbocycles. The Morgan fingerprint density at radius 3 is 2.53 bits per heavy atom. The fraction of sp³-hybridized carbons (Fsp3) is 0.867. The minimum atomic E-state index is 0.515. The van der Waals surface area contributed by atoms with Crippen LogP contribution in [0.25, 0.3) is 0 Å². The van der Waals surface area contributed by atoms with Gasteiger partial charge in [0.15, 0.2) is 0 Å². The molecule has 0 aliphatic heterocycles. The molecule has 17 heavy (non-hydrogen) atoms. The van der Waals surface area contributed by atoms with Gasteiger partial charge in [0, 0.05) is 12.0 Å². The fourth-order valence-electron chi connectivity index (χ4n) is 2.52. The quantitative estimate of drug-likeness (QED) is 0.652. The molecule has 0 radical (unpaired) electrons. The van der Waals surface area contributed by atoms with Crippen molar-refractivity contribution in [1.82, 2.24) is 5.32 Å². The Hall–Kier alpha value is -0.500. The van der Waals surface area contributed by atoms with Gasteiger partial charge in [-0.3, -0.25) is 0 Å². The maximum Gasteiger partial charge on any atom is 0.0941 e. The van der Waals surface area contributed by atoms with E-state index < -0.39 is 0 Å². The maximum atomic E-state index is 5.34. The van der Waals surface area contributed by atoms with E-state index in [-0.39, 0.29) is 0 Å². The highest BCUT2D eigenvalue weighted by Gasteiger charge is 2.37. The molecule has 0 aromatic heterocycles. The van der Waals surface area contributed by atoms with Crippen LogP contribution in [0.1, 0.15) is 53.4 Å². The van der Waals surface area contributed by atoms with Crippen molar-refractivity contribution < 1.29 is 4.74 Å². The molecule has 0 bridgehead atoms. The van der Waals surface area contributed by atoms with E-state index >= 15 is 0 Å². The summed E-state index contributed by atoms with van der Waals surface area (Å²) in [5.41, 5.74) is 0.652. The van der Waals surface area contributed by atoms with Gasteiger partial charge in [-0.05, 0) is 57.6 Å². The molecule has 2 nitrogen and oxygen atoms in total. The van der Waals surface area contributed by atoms with Gasteiger partial charge in [-0.15, -0.1) is 0 Å². The summed E-state index contributed by atoms with van der Waals surface area (Å²) in [6, 6.07) is 0.645. The number of rotatable bonds is 8. The molecule has 2 heteroatoms. The maximum absolute atomic E-state index is 5.34. The molecule has 2 atom stereocenters. The molecule has 0 aromatic carbocycles. The Bertz CT molecular complexity index is 256. The summed E-state index contributed by atoms with van der Waals surface area (Å²) in [5, 5.41) is 3.63. The highest BCUT2D eigenvalue weighted by atomic mass is 16.5. The SMILES string of the molecule is C/C=C(/OC)C(C)CCN[C@H](C)CC1(C)CC1. The van der Waals surface area contributed by atoms with E-state index in [1.54, 1.807) is 7.11 Å². The lowest BCUT2D eigenvalue weighted by Gasteiger charge is -2.20. The van der Waals surface area contributed by atoms with Gasteiger partial charge >= 0.3 is 0 Å². The lowest BCUT2D eigenvalue weighted by atomic mass is 9.99. The Labute approximate surface area is 107 Å². The van der Waals surface area contributed by atoms with Crippen molar-refractivity contribution in [3.05, 3.63) is 11.8 Å². The van der Waals surface area contributed by atoms with E-state index in [1.807, 2.05) is 6.92 Å². The number of hydrogen-bond acceptors (Lipinski definition) is 2. The molecular weight excluding hydrogens is 210 g/mol. The number of nitrogens with one attached hydrogen (secondary N) is 1. The van der Waals surface area contributed by atoms with Gasteiger partial charge in [0.05, 0.1) is 12.9 Å². The summed E-state index contributed by atoms with van der Waals surface area (Å²) < 4.78 is 5.34. The van der Waals surface area contributed by atoms with Crippen molar-refractivity contribution in [2.75, 3.05) is 13.7 Å². The lowest BCUT2D eigenvalue weighted by Crippen LogP contribution is -2.30. The molecule has 1 rings (SSSR count). The number of allylic oxidation sites excluding steroid dienone is 2. The Balaban J connectivity index is 2.14. The van der Waals surface area contributed by atoms with Crippen LogP contribution in [-0.4, -0.2) is 19.7 Å². The first-order valence-electron chi connectivity index (χ1n) is 6.94. The Morgan fingerprint density at radius 2 is 2.06 bits per heavy atom. The van der Waals surface area contributed by atoms with Gasteiger partial charge in [0.25, 0.3) is 0 Å². The highest BCUT2D eigenvalue weighted by Crippen LogP contribution is 2.48. The second kappa shape index (κ2) is 6.44. The van der Waals surface area contributed by atoms with Crippen molar-refractivity contribution in [3.8, 4) is 0 Å². The van der Waals surface area contributed by atoms with Gasteiger partial charge in [0.1, 0.15) is 0 Å². The summed E-state index contributed by atoms with van der Waals surface area (Å²) in [6.07, 6.45) is 7.37. The van der Waals surface area contributed by atoms with E-state index in [9.17, 15) is 0 Å². The zero-order chi connectivity index (χ0) is 12.9. The van der Waals surface area contributed by atoms with E-state index in [4.69, 9.17) is 4.74 Å². The summed E-state index contributed by atoms with van der Waals surface area (Å²) in [7, 11) is 1.76. The Kier molecular flexibility index (Phi) is 5.51. The van der Waals surface area contributed by atoms with E-state index in [0.717, 1.165) is 18.7 Å². The van der Waals surface area contributed by atoms with Crippen molar-refractivity contribution in [1.29, 1.82) is 0 Å². The van der Waals surface area contributed by atoms with Crippen LogP contribution in [0.3, 0.4) is 0 Å². The van der Waals surface area contributed by atoms with Crippen LogP contribution in [0, 0.1) is 11.3 Å². The normalized spacial score (nSPS) is 22.1.